The Balaban J connectivity index is 1.43. The van der Waals surface area contributed by atoms with Gasteiger partial charge in [-0.25, -0.2) is 9.97 Å². The zero-order valence-electron chi connectivity index (χ0n) is 17.9. The number of hydrogen-bond acceptors (Lipinski definition) is 5. The fourth-order valence-corrected chi connectivity index (χ4v) is 3.24. The van der Waals surface area contributed by atoms with Crippen molar-refractivity contribution < 1.29 is 14.3 Å². The van der Waals surface area contributed by atoms with Gasteiger partial charge in [-0.3, -0.25) is 4.79 Å². The van der Waals surface area contributed by atoms with E-state index in [9.17, 15) is 4.79 Å². The van der Waals surface area contributed by atoms with Gasteiger partial charge in [0.05, 0.1) is 12.8 Å². The van der Waals surface area contributed by atoms with Crippen LogP contribution < -0.4 is 14.8 Å². The predicted octanol–water partition coefficient (Wildman–Crippen LogP) is 5.18. The van der Waals surface area contributed by atoms with Crippen LogP contribution in [0.5, 0.6) is 17.4 Å². The van der Waals surface area contributed by atoms with Gasteiger partial charge in [-0.2, -0.15) is 0 Å². The molecule has 6 heteroatoms. The monoisotopic (exact) mass is 425 g/mol. The molecule has 4 aromatic rings. The number of nitrogens with zero attached hydrogens (tertiary/aromatic N) is 2. The molecule has 0 aliphatic rings. The minimum atomic E-state index is -0.122. The third-order valence-corrected chi connectivity index (χ3v) is 4.88. The van der Waals surface area contributed by atoms with Crippen molar-refractivity contribution >= 4 is 5.91 Å². The summed E-state index contributed by atoms with van der Waals surface area (Å²) in [6.45, 7) is 2.52. The number of aryl methyl sites for hydroxylation is 1. The number of benzene rings is 3. The first-order valence-corrected chi connectivity index (χ1v) is 10.2. The van der Waals surface area contributed by atoms with E-state index in [0.717, 1.165) is 11.1 Å². The summed E-state index contributed by atoms with van der Waals surface area (Å²) in [5.41, 5.74) is 4.38. The molecule has 1 N–H and O–H groups in total. The van der Waals surface area contributed by atoms with Crippen LogP contribution in [0.4, 0.5) is 0 Å². The second-order valence-corrected chi connectivity index (χ2v) is 7.27. The number of nitrogens with one attached hydrogen (secondary N) is 1. The molecule has 0 saturated carbocycles. The van der Waals surface area contributed by atoms with Gasteiger partial charge >= 0.3 is 0 Å². The molecule has 0 spiro atoms. The maximum Gasteiger partial charge on any atom is 0.251 e. The molecular formula is C26H23N3O3. The molecule has 0 atom stereocenters. The number of hydrogen-bond donors (Lipinski definition) is 1. The van der Waals surface area contributed by atoms with Crippen molar-refractivity contribution in [2.45, 2.75) is 13.5 Å². The van der Waals surface area contributed by atoms with Gasteiger partial charge in [0.2, 0.25) is 5.88 Å². The Labute approximate surface area is 186 Å². The standard InChI is InChI=1S/C26H23N3O3/c1-18-5-3-6-19(13-18)16-27-26(30)21-11-9-20(10-12-21)24-15-25(29-17-28-24)32-23-8-4-7-22(14-23)31-2/h3-15,17H,16H2,1-2H3,(H,27,30). The molecule has 4 rings (SSSR count). The molecule has 0 unspecified atom stereocenters. The molecule has 0 aliphatic carbocycles. The zero-order valence-corrected chi connectivity index (χ0v) is 17.9. The minimum absolute atomic E-state index is 0.122. The SMILES string of the molecule is COc1cccc(Oc2cc(-c3ccc(C(=O)NCc4cccc(C)c4)cc3)ncn2)c1. The van der Waals surface area contributed by atoms with E-state index in [0.29, 0.717) is 35.2 Å². The Bertz CT molecular complexity index is 1220. The Morgan fingerprint density at radius 1 is 0.906 bits per heavy atom. The maximum atomic E-state index is 12.5. The van der Waals surface area contributed by atoms with Crippen molar-refractivity contribution in [3.05, 3.63) is 102 Å². The molecule has 0 bridgehead atoms. The highest BCUT2D eigenvalue weighted by Crippen LogP contribution is 2.26. The highest BCUT2D eigenvalue weighted by Gasteiger charge is 2.08. The van der Waals surface area contributed by atoms with E-state index in [2.05, 4.69) is 21.4 Å². The van der Waals surface area contributed by atoms with E-state index in [-0.39, 0.29) is 5.91 Å². The second kappa shape index (κ2) is 9.75. The van der Waals surface area contributed by atoms with Gasteiger partial charge in [-0.15, -0.1) is 0 Å². The van der Waals surface area contributed by atoms with Crippen LogP contribution >= 0.6 is 0 Å². The summed E-state index contributed by atoms with van der Waals surface area (Å²) in [5, 5.41) is 2.95. The number of amides is 1. The number of rotatable bonds is 7. The summed E-state index contributed by atoms with van der Waals surface area (Å²) in [7, 11) is 1.61. The van der Waals surface area contributed by atoms with Crippen molar-refractivity contribution in [1.29, 1.82) is 0 Å². The van der Waals surface area contributed by atoms with Gasteiger partial charge in [0.15, 0.2) is 0 Å². The Morgan fingerprint density at radius 2 is 1.69 bits per heavy atom. The molecule has 1 aromatic heterocycles. The second-order valence-electron chi connectivity index (χ2n) is 7.27. The molecule has 0 fully saturated rings. The molecule has 6 nitrogen and oxygen atoms in total. The fourth-order valence-electron chi connectivity index (χ4n) is 3.24. The average molecular weight is 425 g/mol. The molecular weight excluding hydrogens is 402 g/mol. The van der Waals surface area contributed by atoms with Gasteiger partial charge in [0, 0.05) is 29.8 Å². The van der Waals surface area contributed by atoms with Crippen LogP contribution in [-0.4, -0.2) is 23.0 Å². The topological polar surface area (TPSA) is 73.3 Å². The Hall–Kier alpha value is -4.19. The van der Waals surface area contributed by atoms with Crippen molar-refractivity contribution in [2.24, 2.45) is 0 Å². The number of aromatic nitrogens is 2. The Kier molecular flexibility index (Phi) is 6.41. The Morgan fingerprint density at radius 3 is 2.47 bits per heavy atom. The quantitative estimate of drug-likeness (QED) is 0.441. The molecule has 160 valence electrons. The number of carbonyl (C=O) groups is 1. The minimum Gasteiger partial charge on any atom is -0.497 e. The van der Waals surface area contributed by atoms with Crippen molar-refractivity contribution in [3.63, 3.8) is 0 Å². The predicted molar refractivity (Wildman–Crippen MR) is 123 cm³/mol. The lowest BCUT2D eigenvalue weighted by Crippen LogP contribution is -2.22. The van der Waals surface area contributed by atoms with E-state index >= 15 is 0 Å². The van der Waals surface area contributed by atoms with E-state index in [1.807, 2.05) is 55.5 Å². The van der Waals surface area contributed by atoms with E-state index in [1.54, 1.807) is 31.4 Å². The third-order valence-electron chi connectivity index (χ3n) is 4.88. The van der Waals surface area contributed by atoms with Crippen LogP contribution in [0.25, 0.3) is 11.3 Å². The lowest BCUT2D eigenvalue weighted by atomic mass is 10.1. The van der Waals surface area contributed by atoms with Crippen LogP contribution in [-0.2, 0) is 6.54 Å². The molecule has 1 amide bonds. The molecule has 0 aliphatic heterocycles. The van der Waals surface area contributed by atoms with Gasteiger partial charge in [0.25, 0.3) is 5.91 Å². The third kappa shape index (κ3) is 5.29. The maximum absolute atomic E-state index is 12.5. The van der Waals surface area contributed by atoms with Crippen LogP contribution in [0.15, 0.2) is 85.2 Å². The first-order valence-electron chi connectivity index (χ1n) is 10.2. The van der Waals surface area contributed by atoms with Gasteiger partial charge in [-0.05, 0) is 36.8 Å². The van der Waals surface area contributed by atoms with Crippen LogP contribution in [0, 0.1) is 6.92 Å². The number of carbonyl (C=O) groups excluding carboxylic acids is 1. The van der Waals surface area contributed by atoms with Crippen LogP contribution in [0.1, 0.15) is 21.5 Å². The lowest BCUT2D eigenvalue weighted by Gasteiger charge is -2.09. The number of ether oxygens (including phenoxy) is 2. The van der Waals surface area contributed by atoms with E-state index < -0.39 is 0 Å². The van der Waals surface area contributed by atoms with Gasteiger partial charge in [0.1, 0.15) is 17.8 Å². The van der Waals surface area contributed by atoms with Crippen LogP contribution in [0.2, 0.25) is 0 Å². The van der Waals surface area contributed by atoms with Crippen molar-refractivity contribution in [1.82, 2.24) is 15.3 Å². The van der Waals surface area contributed by atoms with Gasteiger partial charge < -0.3 is 14.8 Å². The first kappa shape index (κ1) is 21.1. The highest BCUT2D eigenvalue weighted by atomic mass is 16.5. The summed E-state index contributed by atoms with van der Waals surface area (Å²) < 4.78 is 11.1. The van der Waals surface area contributed by atoms with Gasteiger partial charge in [-0.1, -0.05) is 48.0 Å². The molecule has 0 saturated heterocycles. The van der Waals surface area contributed by atoms with Crippen molar-refractivity contribution in [3.8, 4) is 28.6 Å². The van der Waals surface area contributed by atoms with E-state index in [4.69, 9.17) is 9.47 Å². The van der Waals surface area contributed by atoms with E-state index in [1.165, 1.54) is 11.9 Å². The molecule has 3 aromatic carbocycles. The lowest BCUT2D eigenvalue weighted by molar-refractivity contribution is 0.0951. The summed E-state index contributed by atoms with van der Waals surface area (Å²) in [6.07, 6.45) is 1.45. The van der Waals surface area contributed by atoms with Crippen LogP contribution in [0.3, 0.4) is 0 Å². The summed E-state index contributed by atoms with van der Waals surface area (Å²) in [5.74, 6) is 1.62. The van der Waals surface area contributed by atoms with Crippen molar-refractivity contribution in [2.75, 3.05) is 7.11 Å². The summed E-state index contributed by atoms with van der Waals surface area (Å²) in [4.78, 5) is 21.0. The number of methoxy groups -OCH3 is 1. The normalized spacial score (nSPS) is 10.4. The first-order chi connectivity index (χ1) is 15.6. The molecule has 32 heavy (non-hydrogen) atoms. The zero-order chi connectivity index (χ0) is 22.3. The molecule has 0 radical (unpaired) electrons. The molecule has 1 heterocycles. The smallest absolute Gasteiger partial charge is 0.251 e. The average Bonchev–Trinajstić information content (AvgIpc) is 2.83. The largest absolute Gasteiger partial charge is 0.497 e. The summed E-state index contributed by atoms with van der Waals surface area (Å²) >= 11 is 0. The highest BCUT2D eigenvalue weighted by molar-refractivity contribution is 5.94. The summed E-state index contributed by atoms with van der Waals surface area (Å²) in [6, 6.07) is 24.4. The fraction of sp³-hybridized carbons (Fsp3) is 0.115.